The maximum Gasteiger partial charge on any atom is 0.267 e. The number of alkyl halides is 1. The summed E-state index contributed by atoms with van der Waals surface area (Å²) in [6.07, 6.45) is 0.995. The lowest BCUT2D eigenvalue weighted by Crippen LogP contribution is -2.49. The average Bonchev–Trinajstić information content (AvgIpc) is 2.82. The Morgan fingerprint density at radius 1 is 1.07 bits per heavy atom. The highest BCUT2D eigenvalue weighted by molar-refractivity contribution is 6.41. The summed E-state index contributed by atoms with van der Waals surface area (Å²) in [6.45, 7) is 11.5. The van der Waals surface area contributed by atoms with Gasteiger partial charge in [-0.1, -0.05) is 39.8 Å². The molecule has 2 rings (SSSR count). The highest BCUT2D eigenvalue weighted by atomic mass is 35.5. The molecule has 0 N–H and O–H groups in total. The van der Waals surface area contributed by atoms with Crippen molar-refractivity contribution in [3.05, 3.63) is 35.4 Å². The van der Waals surface area contributed by atoms with Crippen molar-refractivity contribution >= 4 is 29.3 Å². The molecule has 0 saturated carbocycles. The minimum Gasteiger partial charge on any atom is -0.268 e. The van der Waals surface area contributed by atoms with Gasteiger partial charge >= 0.3 is 0 Å². The van der Waals surface area contributed by atoms with E-state index in [9.17, 15) is 14.9 Å². The smallest absolute Gasteiger partial charge is 0.267 e. The monoisotopic (exact) mass is 401 g/mol. The van der Waals surface area contributed by atoms with Crippen molar-refractivity contribution in [2.24, 2.45) is 16.8 Å². The molecule has 0 fully saturated rings. The number of nitrogens with zero attached hydrogens (tertiary/aromatic N) is 3. The molecular weight excluding hydrogens is 374 g/mol. The van der Waals surface area contributed by atoms with E-state index in [-0.39, 0.29) is 17.7 Å². The van der Waals surface area contributed by atoms with Crippen LogP contribution in [0.4, 0.5) is 0 Å². The van der Waals surface area contributed by atoms with Crippen molar-refractivity contribution in [3.8, 4) is 6.07 Å². The standard InChI is InChI=1S/C22H28ClN3O2/c1-14(2)11-21(5,13-24)25-20(22(6,23)12-15(3)4)26-18(27)16-9-7-8-10-17(16)19(26)28/h7-10,14-15H,11-12H2,1-6H3/t21-,22-/m1/s1. The van der Waals surface area contributed by atoms with Crippen LogP contribution in [0.25, 0.3) is 0 Å². The number of halogens is 1. The minimum absolute atomic E-state index is 0.152. The fourth-order valence-electron chi connectivity index (χ4n) is 3.78. The van der Waals surface area contributed by atoms with E-state index in [4.69, 9.17) is 11.6 Å². The lowest BCUT2D eigenvalue weighted by atomic mass is 9.91. The summed E-state index contributed by atoms with van der Waals surface area (Å²) < 4.78 is 0. The summed E-state index contributed by atoms with van der Waals surface area (Å²) >= 11 is 6.86. The van der Waals surface area contributed by atoms with E-state index in [0.717, 1.165) is 4.90 Å². The molecule has 0 spiro atoms. The Bertz CT molecular complexity index is 817. The number of fused-ring (bicyclic) bond motifs is 1. The van der Waals surface area contributed by atoms with Crippen LogP contribution in [0.2, 0.25) is 0 Å². The fourth-order valence-corrected chi connectivity index (χ4v) is 4.22. The van der Waals surface area contributed by atoms with Crippen LogP contribution in [0, 0.1) is 23.2 Å². The first-order chi connectivity index (χ1) is 12.9. The van der Waals surface area contributed by atoms with Gasteiger partial charge in [0.05, 0.1) is 17.2 Å². The third kappa shape index (κ3) is 4.44. The van der Waals surface area contributed by atoms with Gasteiger partial charge < -0.3 is 0 Å². The van der Waals surface area contributed by atoms with Crippen LogP contribution < -0.4 is 0 Å². The molecule has 1 aliphatic rings. The number of aliphatic imine (C=N–C) groups is 1. The predicted octanol–water partition coefficient (Wildman–Crippen LogP) is 5.05. The van der Waals surface area contributed by atoms with E-state index in [1.165, 1.54) is 0 Å². The minimum atomic E-state index is -1.09. The summed E-state index contributed by atoms with van der Waals surface area (Å²) in [6, 6.07) is 8.93. The van der Waals surface area contributed by atoms with E-state index in [2.05, 4.69) is 11.1 Å². The summed E-state index contributed by atoms with van der Waals surface area (Å²) in [5.74, 6) is -0.316. The van der Waals surface area contributed by atoms with Crippen molar-refractivity contribution < 1.29 is 9.59 Å². The summed E-state index contributed by atoms with van der Waals surface area (Å²) in [5.41, 5.74) is -0.425. The van der Waals surface area contributed by atoms with Crippen LogP contribution in [0.5, 0.6) is 0 Å². The first-order valence-electron chi connectivity index (χ1n) is 9.60. The number of rotatable bonds is 6. The second kappa shape index (κ2) is 8.05. The molecule has 1 aliphatic heterocycles. The van der Waals surface area contributed by atoms with Crippen molar-refractivity contribution in [1.29, 1.82) is 5.26 Å². The van der Waals surface area contributed by atoms with Gasteiger partial charge in [-0.05, 0) is 50.7 Å². The molecule has 6 heteroatoms. The normalized spacial score (nSPS) is 18.9. The van der Waals surface area contributed by atoms with E-state index in [1.54, 1.807) is 38.1 Å². The van der Waals surface area contributed by atoms with Gasteiger partial charge in [0.25, 0.3) is 11.8 Å². The molecule has 0 saturated heterocycles. The Labute approximate surface area is 172 Å². The fraction of sp³-hybridized carbons (Fsp3) is 0.545. The first kappa shape index (κ1) is 22.1. The van der Waals surface area contributed by atoms with Gasteiger partial charge in [-0.3, -0.25) is 9.59 Å². The van der Waals surface area contributed by atoms with E-state index >= 15 is 0 Å². The number of carbonyl (C=O) groups excluding carboxylic acids is 2. The van der Waals surface area contributed by atoms with Crippen LogP contribution in [-0.2, 0) is 0 Å². The quantitative estimate of drug-likeness (QED) is 0.289. The molecule has 2 atom stereocenters. The number of carbonyl (C=O) groups is 2. The number of nitriles is 1. The molecule has 150 valence electrons. The second-order valence-corrected chi connectivity index (χ2v) is 9.54. The SMILES string of the molecule is CC(C)C[C@](C)(C#N)N=C(N1C(=O)c2ccccc2C1=O)[C@](C)(Cl)CC(C)C. The number of amides is 2. The zero-order valence-corrected chi connectivity index (χ0v) is 18.2. The molecule has 2 amide bonds. The molecule has 1 aromatic carbocycles. The summed E-state index contributed by atoms with van der Waals surface area (Å²) in [7, 11) is 0. The maximum atomic E-state index is 13.1. The zero-order chi connectivity index (χ0) is 21.3. The highest BCUT2D eigenvalue weighted by Gasteiger charge is 2.46. The summed E-state index contributed by atoms with van der Waals surface area (Å²) in [4.78, 5) is 30.8. The average molecular weight is 402 g/mol. The van der Waals surface area contributed by atoms with E-state index in [1.807, 2.05) is 27.7 Å². The van der Waals surface area contributed by atoms with Crippen LogP contribution in [-0.4, -0.2) is 33.0 Å². The molecule has 28 heavy (non-hydrogen) atoms. The van der Waals surface area contributed by atoms with Gasteiger partial charge in [-0.15, -0.1) is 11.6 Å². The van der Waals surface area contributed by atoms with Gasteiger partial charge in [0.1, 0.15) is 16.2 Å². The first-order valence-corrected chi connectivity index (χ1v) is 9.98. The van der Waals surface area contributed by atoms with Crippen LogP contribution >= 0.6 is 11.6 Å². The predicted molar refractivity (Wildman–Crippen MR) is 112 cm³/mol. The Morgan fingerprint density at radius 3 is 1.93 bits per heavy atom. The van der Waals surface area contributed by atoms with Crippen LogP contribution in [0.3, 0.4) is 0 Å². The molecule has 1 aromatic rings. The van der Waals surface area contributed by atoms with Crippen molar-refractivity contribution in [2.45, 2.75) is 64.8 Å². The number of amidine groups is 1. The Kier molecular flexibility index (Phi) is 6.35. The zero-order valence-electron chi connectivity index (χ0n) is 17.4. The van der Waals surface area contributed by atoms with Crippen molar-refractivity contribution in [3.63, 3.8) is 0 Å². The number of hydrogen-bond acceptors (Lipinski definition) is 4. The number of imide groups is 1. The molecule has 0 radical (unpaired) electrons. The van der Waals surface area contributed by atoms with Crippen molar-refractivity contribution in [2.75, 3.05) is 0 Å². The topological polar surface area (TPSA) is 73.5 Å². The van der Waals surface area contributed by atoms with Gasteiger partial charge in [0, 0.05) is 0 Å². The lowest BCUT2D eigenvalue weighted by Gasteiger charge is -2.33. The highest BCUT2D eigenvalue weighted by Crippen LogP contribution is 2.34. The molecule has 5 nitrogen and oxygen atoms in total. The van der Waals surface area contributed by atoms with Gasteiger partial charge in [-0.25, -0.2) is 9.89 Å². The Balaban J connectivity index is 2.64. The van der Waals surface area contributed by atoms with E-state index in [0.29, 0.717) is 24.0 Å². The number of benzene rings is 1. The molecule has 0 unspecified atom stereocenters. The Morgan fingerprint density at radius 2 is 1.54 bits per heavy atom. The van der Waals surface area contributed by atoms with Gasteiger partial charge in [-0.2, -0.15) is 5.26 Å². The molecule has 0 aliphatic carbocycles. The largest absolute Gasteiger partial charge is 0.268 e. The molecular formula is C22H28ClN3O2. The second-order valence-electron chi connectivity index (χ2n) is 8.71. The maximum absolute atomic E-state index is 13.1. The van der Waals surface area contributed by atoms with Gasteiger partial charge in [0.2, 0.25) is 0 Å². The third-order valence-electron chi connectivity index (χ3n) is 4.66. The van der Waals surface area contributed by atoms with Crippen LogP contribution in [0.1, 0.15) is 75.1 Å². The third-order valence-corrected chi connectivity index (χ3v) is 4.99. The van der Waals surface area contributed by atoms with Crippen LogP contribution in [0.15, 0.2) is 29.3 Å². The Hall–Kier alpha value is -2.19. The van der Waals surface area contributed by atoms with E-state index < -0.39 is 22.2 Å². The lowest BCUT2D eigenvalue weighted by molar-refractivity contribution is 0.0741. The van der Waals surface area contributed by atoms with Gasteiger partial charge in [0.15, 0.2) is 0 Å². The molecule has 1 heterocycles. The van der Waals surface area contributed by atoms with Crippen molar-refractivity contribution in [1.82, 2.24) is 4.90 Å². The molecule has 0 bridgehead atoms. The molecule has 0 aromatic heterocycles. The summed E-state index contributed by atoms with van der Waals surface area (Å²) in [5, 5.41) is 9.79. The number of hydrogen-bond donors (Lipinski definition) is 0.